The number of carbonyl (C=O) groups excluding carboxylic acids is 2. The van der Waals surface area contributed by atoms with Crippen LogP contribution in [0.15, 0.2) is 95.9 Å². The Balaban J connectivity index is 1.21. The molecule has 0 atom stereocenters. The summed E-state index contributed by atoms with van der Waals surface area (Å²) in [7, 11) is 0. The number of aromatic nitrogens is 2. The molecular weight excluding hydrogens is 551 g/mol. The highest BCUT2D eigenvalue weighted by Crippen LogP contribution is 2.42. The van der Waals surface area contributed by atoms with E-state index in [0.717, 1.165) is 32.6 Å². The van der Waals surface area contributed by atoms with E-state index in [4.69, 9.17) is 9.40 Å². The number of thiophene rings is 1. The molecule has 206 valence electrons. The monoisotopic (exact) mass is 574 g/mol. The Morgan fingerprint density at radius 3 is 2.76 bits per heavy atom. The molecule has 1 N–H and O–H groups in total. The Labute approximate surface area is 244 Å². The second-order valence-electron chi connectivity index (χ2n) is 10.0. The average molecular weight is 575 g/mol. The lowest BCUT2D eigenvalue weighted by molar-refractivity contribution is 0.0981. The second-order valence-corrected chi connectivity index (χ2v) is 11.1. The van der Waals surface area contributed by atoms with E-state index < -0.39 is 5.82 Å². The topological polar surface area (TPSA) is 88.3 Å². The van der Waals surface area contributed by atoms with Crippen LogP contribution in [0.2, 0.25) is 0 Å². The van der Waals surface area contributed by atoms with Crippen molar-refractivity contribution < 1.29 is 18.4 Å². The minimum absolute atomic E-state index is 0.178. The van der Waals surface area contributed by atoms with Gasteiger partial charge in [0.1, 0.15) is 23.4 Å². The highest BCUT2D eigenvalue weighted by molar-refractivity contribution is 7.17. The zero-order valence-electron chi connectivity index (χ0n) is 22.4. The van der Waals surface area contributed by atoms with E-state index in [1.807, 2.05) is 42.5 Å². The number of hydrogen-bond acceptors (Lipinski definition) is 6. The Kier molecular flexibility index (Phi) is 6.36. The number of benzene rings is 2. The largest absolute Gasteiger partial charge is 0.463 e. The fourth-order valence-corrected chi connectivity index (χ4v) is 6.44. The van der Waals surface area contributed by atoms with Gasteiger partial charge in [0, 0.05) is 40.3 Å². The van der Waals surface area contributed by atoms with Crippen molar-refractivity contribution in [3.8, 4) is 21.7 Å². The minimum Gasteiger partial charge on any atom is -0.463 e. The van der Waals surface area contributed by atoms with Crippen LogP contribution >= 0.6 is 11.3 Å². The van der Waals surface area contributed by atoms with Crippen molar-refractivity contribution in [2.75, 3.05) is 16.8 Å². The third kappa shape index (κ3) is 4.44. The van der Waals surface area contributed by atoms with Crippen LogP contribution in [0.4, 0.5) is 15.8 Å². The summed E-state index contributed by atoms with van der Waals surface area (Å²) in [5.41, 5.74) is 5.77. The van der Waals surface area contributed by atoms with Gasteiger partial charge < -0.3 is 14.6 Å². The maximum atomic E-state index is 14.4. The van der Waals surface area contributed by atoms with Crippen molar-refractivity contribution in [3.63, 3.8) is 0 Å². The van der Waals surface area contributed by atoms with Crippen LogP contribution < -0.4 is 10.2 Å². The normalized spacial score (nSPS) is 12.5. The first-order chi connectivity index (χ1) is 20.5. The molecule has 5 heterocycles. The van der Waals surface area contributed by atoms with Crippen LogP contribution in [0.25, 0.3) is 32.7 Å². The van der Waals surface area contributed by atoms with Crippen molar-refractivity contribution in [2.24, 2.45) is 0 Å². The Morgan fingerprint density at radius 1 is 1.02 bits per heavy atom. The maximum Gasteiger partial charge on any atom is 0.276 e. The van der Waals surface area contributed by atoms with Crippen LogP contribution in [-0.4, -0.2) is 28.3 Å². The smallest absolute Gasteiger partial charge is 0.276 e. The maximum absolute atomic E-state index is 14.4. The zero-order valence-corrected chi connectivity index (χ0v) is 23.2. The van der Waals surface area contributed by atoms with E-state index in [1.165, 1.54) is 17.4 Å². The summed E-state index contributed by atoms with van der Waals surface area (Å²) in [6.07, 6.45) is 5.55. The first kappa shape index (κ1) is 25.8. The summed E-state index contributed by atoms with van der Waals surface area (Å²) in [6, 6.07) is 21.3. The van der Waals surface area contributed by atoms with Crippen molar-refractivity contribution >= 4 is 45.5 Å². The lowest BCUT2D eigenvalue weighted by Crippen LogP contribution is -2.33. The highest BCUT2D eigenvalue weighted by Gasteiger charge is 2.28. The highest BCUT2D eigenvalue weighted by atomic mass is 32.1. The van der Waals surface area contributed by atoms with Crippen LogP contribution in [-0.2, 0) is 6.42 Å². The molecule has 0 bridgehead atoms. The number of furan rings is 1. The van der Waals surface area contributed by atoms with E-state index in [-0.39, 0.29) is 17.5 Å². The number of aryl methyl sites for hydroxylation is 1. The molecule has 7 rings (SSSR count). The van der Waals surface area contributed by atoms with Crippen LogP contribution in [0, 0.1) is 12.7 Å². The number of nitrogens with zero attached hydrogens (tertiary/aromatic N) is 3. The standard InChI is InChI=1S/C33H23FN4O3S/c1-19-6-4-8-24(34)30(19)37-32(39)29-16-20-13-15-38(27-11-3-2-7-21(27)31(20)42-29)33(40)26-10-5-9-25(36-26)23-18-41-28-12-14-35-17-22(23)28/h2-12,14,16-18H,13,15H2,1H3,(H,37,39). The van der Waals surface area contributed by atoms with Gasteiger partial charge in [-0.3, -0.25) is 14.6 Å². The van der Waals surface area contributed by atoms with E-state index in [9.17, 15) is 14.0 Å². The first-order valence-corrected chi connectivity index (χ1v) is 14.2. The molecule has 7 nitrogen and oxygen atoms in total. The Morgan fingerprint density at radius 2 is 1.88 bits per heavy atom. The van der Waals surface area contributed by atoms with E-state index in [0.29, 0.717) is 40.4 Å². The Hall–Kier alpha value is -5.15. The molecule has 0 saturated carbocycles. The molecule has 2 aromatic carbocycles. The minimum atomic E-state index is -0.476. The number of carbonyl (C=O) groups is 2. The van der Waals surface area contributed by atoms with Gasteiger partial charge in [-0.15, -0.1) is 11.3 Å². The van der Waals surface area contributed by atoms with Gasteiger partial charge in [-0.05, 0) is 60.9 Å². The predicted octanol–water partition coefficient (Wildman–Crippen LogP) is 7.52. The van der Waals surface area contributed by atoms with Gasteiger partial charge in [0.05, 0.1) is 21.9 Å². The summed E-state index contributed by atoms with van der Waals surface area (Å²) in [4.78, 5) is 39.1. The second kappa shape index (κ2) is 10.4. The summed E-state index contributed by atoms with van der Waals surface area (Å²) in [5.74, 6) is -1.07. The summed E-state index contributed by atoms with van der Waals surface area (Å²) < 4.78 is 20.0. The molecular formula is C33H23FN4O3S. The predicted molar refractivity (Wildman–Crippen MR) is 161 cm³/mol. The molecule has 1 aliphatic heterocycles. The summed E-state index contributed by atoms with van der Waals surface area (Å²) in [6.45, 7) is 2.15. The number of amides is 2. The molecule has 4 aromatic heterocycles. The first-order valence-electron chi connectivity index (χ1n) is 13.4. The lowest BCUT2D eigenvalue weighted by Gasteiger charge is -2.22. The van der Waals surface area contributed by atoms with Gasteiger partial charge in [0.15, 0.2) is 0 Å². The quantitative estimate of drug-likeness (QED) is 0.235. The lowest BCUT2D eigenvalue weighted by atomic mass is 10.1. The average Bonchev–Trinajstić information content (AvgIpc) is 3.61. The molecule has 2 amide bonds. The SMILES string of the molecule is Cc1cccc(F)c1NC(=O)c1cc2c(s1)-c1ccccc1N(C(=O)c1cccc(-c3coc4ccncc34)n1)CC2. The number of hydrogen-bond donors (Lipinski definition) is 1. The molecule has 0 spiro atoms. The number of para-hydroxylation sites is 2. The van der Waals surface area contributed by atoms with E-state index >= 15 is 0 Å². The van der Waals surface area contributed by atoms with E-state index in [2.05, 4.69) is 10.3 Å². The van der Waals surface area contributed by atoms with Crippen molar-refractivity contribution in [2.45, 2.75) is 13.3 Å². The van der Waals surface area contributed by atoms with Gasteiger partial charge >= 0.3 is 0 Å². The number of anilines is 2. The third-order valence-electron chi connectivity index (χ3n) is 7.40. The molecule has 0 fully saturated rings. The fourth-order valence-electron chi connectivity index (χ4n) is 5.30. The Bertz CT molecular complexity index is 1990. The van der Waals surface area contributed by atoms with Crippen LogP contribution in [0.1, 0.15) is 31.3 Å². The molecule has 0 radical (unpaired) electrons. The van der Waals surface area contributed by atoms with Crippen molar-refractivity contribution in [1.29, 1.82) is 0 Å². The fraction of sp³-hybridized carbons (Fsp3) is 0.0909. The zero-order chi connectivity index (χ0) is 28.8. The third-order valence-corrected chi connectivity index (χ3v) is 8.61. The van der Waals surface area contributed by atoms with Crippen LogP contribution in [0.3, 0.4) is 0 Å². The molecule has 0 saturated heterocycles. The summed E-state index contributed by atoms with van der Waals surface area (Å²) in [5, 5.41) is 3.56. The van der Waals surface area contributed by atoms with Gasteiger partial charge in [0.2, 0.25) is 0 Å². The molecule has 42 heavy (non-hydrogen) atoms. The van der Waals surface area contributed by atoms with Gasteiger partial charge in [-0.1, -0.05) is 36.4 Å². The number of pyridine rings is 2. The summed E-state index contributed by atoms with van der Waals surface area (Å²) >= 11 is 1.34. The number of fused-ring (bicyclic) bond motifs is 4. The van der Waals surface area contributed by atoms with E-state index in [1.54, 1.807) is 54.7 Å². The van der Waals surface area contributed by atoms with Gasteiger partial charge in [-0.2, -0.15) is 0 Å². The number of rotatable bonds is 4. The number of nitrogens with one attached hydrogen (secondary N) is 1. The van der Waals surface area contributed by atoms with Crippen molar-refractivity contribution in [3.05, 3.63) is 119 Å². The molecule has 0 unspecified atom stereocenters. The molecule has 1 aliphatic rings. The van der Waals surface area contributed by atoms with Gasteiger partial charge in [-0.25, -0.2) is 9.37 Å². The molecule has 9 heteroatoms. The van der Waals surface area contributed by atoms with Gasteiger partial charge in [0.25, 0.3) is 11.8 Å². The molecule has 0 aliphatic carbocycles. The van der Waals surface area contributed by atoms with Crippen molar-refractivity contribution in [1.82, 2.24) is 9.97 Å². The van der Waals surface area contributed by atoms with Crippen LogP contribution in [0.5, 0.6) is 0 Å². The number of halogens is 1. The molecule has 6 aromatic rings.